The van der Waals surface area contributed by atoms with Crippen LogP contribution in [-0.4, -0.2) is 60.0 Å². The van der Waals surface area contributed by atoms with Gasteiger partial charge in [-0.05, 0) is 31.5 Å². The van der Waals surface area contributed by atoms with Crippen LogP contribution >= 0.6 is 0 Å². The minimum absolute atomic E-state index is 0.0418. The number of hydrogen-bond acceptors (Lipinski definition) is 5. The smallest absolute Gasteiger partial charge is 0.328 e. The molecule has 25 heavy (non-hydrogen) atoms. The predicted molar refractivity (Wildman–Crippen MR) is 91.9 cm³/mol. The van der Waals surface area contributed by atoms with Crippen LogP contribution in [0.5, 0.6) is 0 Å². The molecule has 0 bridgehead atoms. The summed E-state index contributed by atoms with van der Waals surface area (Å²) < 4.78 is 26.4. The summed E-state index contributed by atoms with van der Waals surface area (Å²) in [4.78, 5) is 23.4. The van der Waals surface area contributed by atoms with Gasteiger partial charge in [0, 0.05) is 18.7 Å². The molecule has 9 heteroatoms. The number of carbonyl (C=O) groups excluding carboxylic acids is 1. The van der Waals surface area contributed by atoms with Gasteiger partial charge in [-0.15, -0.1) is 0 Å². The molecule has 1 amide bonds. The predicted octanol–water partition coefficient (Wildman–Crippen LogP) is 0.589. The minimum atomic E-state index is -3.75. The highest BCUT2D eigenvalue weighted by molar-refractivity contribution is 7.89. The number of hydrogen-bond donors (Lipinski definition) is 3. The molecule has 0 saturated carbocycles. The van der Waals surface area contributed by atoms with Crippen molar-refractivity contribution < 1.29 is 28.2 Å². The molecule has 140 valence electrons. The van der Waals surface area contributed by atoms with Crippen molar-refractivity contribution >= 4 is 21.9 Å². The van der Waals surface area contributed by atoms with E-state index in [-0.39, 0.29) is 23.5 Å². The quantitative estimate of drug-likeness (QED) is 0.613. The maximum Gasteiger partial charge on any atom is 0.328 e. The molecule has 0 aliphatic rings. The van der Waals surface area contributed by atoms with Crippen molar-refractivity contribution in [3.8, 4) is 0 Å². The fraction of sp³-hybridized carbons (Fsp3) is 0.500. The molecule has 0 saturated heterocycles. The fourth-order valence-corrected chi connectivity index (χ4v) is 3.81. The number of nitrogens with one attached hydrogen (secondary N) is 1. The second kappa shape index (κ2) is 8.41. The van der Waals surface area contributed by atoms with Gasteiger partial charge in [0.05, 0.1) is 11.0 Å². The third-order valence-corrected chi connectivity index (χ3v) is 5.88. The molecule has 1 aromatic carbocycles. The Morgan fingerprint density at radius 1 is 1.24 bits per heavy atom. The van der Waals surface area contributed by atoms with Crippen LogP contribution in [-0.2, 0) is 14.8 Å². The molecule has 2 atom stereocenters. The van der Waals surface area contributed by atoms with Gasteiger partial charge in [0.2, 0.25) is 10.0 Å². The lowest BCUT2D eigenvalue weighted by atomic mass is 10.1. The highest BCUT2D eigenvalue weighted by Gasteiger charge is 2.27. The molecular formula is C16H24N2O6S. The monoisotopic (exact) mass is 372 g/mol. The van der Waals surface area contributed by atoms with E-state index in [1.54, 1.807) is 20.8 Å². The number of carbonyl (C=O) groups is 2. The van der Waals surface area contributed by atoms with Crippen LogP contribution in [0.15, 0.2) is 23.1 Å². The van der Waals surface area contributed by atoms with Crippen molar-refractivity contribution in [1.29, 1.82) is 0 Å². The molecule has 0 aliphatic heterocycles. The first-order valence-corrected chi connectivity index (χ1v) is 9.32. The molecule has 0 unspecified atom stereocenters. The van der Waals surface area contributed by atoms with Gasteiger partial charge in [-0.2, -0.15) is 4.31 Å². The van der Waals surface area contributed by atoms with Crippen molar-refractivity contribution in [2.75, 3.05) is 13.1 Å². The second-order valence-electron chi connectivity index (χ2n) is 5.60. The summed E-state index contributed by atoms with van der Waals surface area (Å²) in [5.74, 6) is -2.14. The van der Waals surface area contributed by atoms with Gasteiger partial charge in [0.25, 0.3) is 5.91 Å². The highest BCUT2D eigenvalue weighted by Crippen LogP contribution is 2.20. The Kier molecular flexibility index (Phi) is 7.09. The van der Waals surface area contributed by atoms with Crippen LogP contribution < -0.4 is 5.32 Å². The Bertz CT molecular complexity index is 741. The van der Waals surface area contributed by atoms with E-state index in [1.165, 1.54) is 29.4 Å². The van der Waals surface area contributed by atoms with E-state index in [9.17, 15) is 23.1 Å². The summed E-state index contributed by atoms with van der Waals surface area (Å²) in [5, 5.41) is 20.7. The second-order valence-corrected chi connectivity index (χ2v) is 7.53. The summed E-state index contributed by atoms with van der Waals surface area (Å²) in [6, 6.07) is 2.63. The van der Waals surface area contributed by atoms with Gasteiger partial charge in [0.1, 0.15) is 0 Å². The number of aliphatic hydroxyl groups excluding tert-OH is 1. The summed E-state index contributed by atoms with van der Waals surface area (Å²) in [6.45, 7) is 6.86. The Labute approximate surface area is 147 Å². The normalized spacial score (nSPS) is 14.2. The lowest BCUT2D eigenvalue weighted by Crippen LogP contribution is -2.47. The number of sulfonamides is 1. The van der Waals surface area contributed by atoms with Crippen LogP contribution in [0.3, 0.4) is 0 Å². The number of aliphatic carboxylic acids is 1. The summed E-state index contributed by atoms with van der Waals surface area (Å²) in [6.07, 6.45) is -1.30. The largest absolute Gasteiger partial charge is 0.480 e. The molecule has 0 fully saturated rings. The Balaban J connectivity index is 3.26. The maximum atomic E-state index is 12.6. The van der Waals surface area contributed by atoms with Crippen LogP contribution in [0.1, 0.15) is 36.7 Å². The van der Waals surface area contributed by atoms with Gasteiger partial charge < -0.3 is 15.5 Å². The van der Waals surface area contributed by atoms with Gasteiger partial charge in [-0.1, -0.05) is 19.9 Å². The number of rotatable bonds is 8. The fourth-order valence-electron chi connectivity index (χ4n) is 2.33. The first-order valence-electron chi connectivity index (χ1n) is 7.88. The Morgan fingerprint density at radius 2 is 1.80 bits per heavy atom. The number of carboxylic acid groups (broad SMARTS) is 1. The van der Waals surface area contributed by atoms with Crippen LogP contribution in [0.4, 0.5) is 0 Å². The van der Waals surface area contributed by atoms with Gasteiger partial charge in [-0.25, -0.2) is 13.2 Å². The van der Waals surface area contributed by atoms with E-state index in [4.69, 9.17) is 5.11 Å². The molecule has 3 N–H and O–H groups in total. The van der Waals surface area contributed by atoms with Crippen molar-refractivity contribution in [2.24, 2.45) is 0 Å². The summed E-state index contributed by atoms with van der Waals surface area (Å²) >= 11 is 0. The molecule has 0 aliphatic carbocycles. The molecule has 0 heterocycles. The lowest BCUT2D eigenvalue weighted by molar-refractivity contribution is -0.141. The molecule has 0 spiro atoms. The molecule has 1 aromatic rings. The zero-order valence-electron chi connectivity index (χ0n) is 14.7. The molecule has 0 radical (unpaired) electrons. The molecule has 1 rings (SSSR count). The van der Waals surface area contributed by atoms with E-state index in [1.807, 2.05) is 0 Å². The molecule has 8 nitrogen and oxygen atoms in total. The van der Waals surface area contributed by atoms with Crippen molar-refractivity contribution in [2.45, 2.75) is 44.7 Å². The van der Waals surface area contributed by atoms with E-state index >= 15 is 0 Å². The zero-order valence-corrected chi connectivity index (χ0v) is 15.5. The van der Waals surface area contributed by atoms with Crippen LogP contribution in [0.2, 0.25) is 0 Å². The van der Waals surface area contributed by atoms with Crippen LogP contribution in [0.25, 0.3) is 0 Å². The maximum absolute atomic E-state index is 12.6. The molecule has 0 aromatic heterocycles. The van der Waals surface area contributed by atoms with E-state index < -0.39 is 34.0 Å². The number of aliphatic hydroxyl groups is 1. The minimum Gasteiger partial charge on any atom is -0.480 e. The van der Waals surface area contributed by atoms with Crippen molar-refractivity contribution in [3.05, 3.63) is 29.3 Å². The number of aryl methyl sites for hydroxylation is 1. The van der Waals surface area contributed by atoms with E-state index in [0.29, 0.717) is 5.56 Å². The average molecular weight is 372 g/mol. The van der Waals surface area contributed by atoms with Gasteiger partial charge in [0.15, 0.2) is 6.04 Å². The average Bonchev–Trinajstić information content (AvgIpc) is 2.52. The van der Waals surface area contributed by atoms with Gasteiger partial charge in [-0.3, -0.25) is 4.79 Å². The number of benzene rings is 1. The highest BCUT2D eigenvalue weighted by atomic mass is 32.2. The van der Waals surface area contributed by atoms with Crippen LogP contribution in [0, 0.1) is 6.92 Å². The summed E-state index contributed by atoms with van der Waals surface area (Å²) in [7, 11) is -3.75. The van der Waals surface area contributed by atoms with Crippen molar-refractivity contribution in [3.63, 3.8) is 0 Å². The topological polar surface area (TPSA) is 124 Å². The third kappa shape index (κ3) is 4.77. The first-order chi connectivity index (χ1) is 11.6. The Morgan fingerprint density at radius 3 is 2.24 bits per heavy atom. The van der Waals surface area contributed by atoms with Gasteiger partial charge >= 0.3 is 5.97 Å². The SMILES string of the molecule is CCN(CC)S(=O)(=O)c1ccc(C)c(C(=O)N[C@@H](C(=O)O)[C@@H](C)O)c1. The molecular weight excluding hydrogens is 348 g/mol. The van der Waals surface area contributed by atoms with Crippen molar-refractivity contribution in [1.82, 2.24) is 9.62 Å². The Hall–Kier alpha value is -1.97. The number of nitrogens with zero attached hydrogens (tertiary/aromatic N) is 1. The first kappa shape index (κ1) is 21.1. The third-order valence-electron chi connectivity index (χ3n) is 3.83. The lowest BCUT2D eigenvalue weighted by Gasteiger charge is -2.20. The van der Waals surface area contributed by atoms with E-state index in [0.717, 1.165) is 0 Å². The number of carboxylic acids is 1. The van der Waals surface area contributed by atoms with E-state index in [2.05, 4.69) is 5.32 Å². The summed E-state index contributed by atoms with van der Waals surface area (Å²) in [5.41, 5.74) is 0.533. The zero-order chi connectivity index (χ0) is 19.4. The standard InChI is InChI=1S/C16H24N2O6S/c1-5-18(6-2)25(23,24)12-8-7-10(3)13(9-12)15(20)17-14(11(4)19)16(21)22/h7-9,11,14,19H,5-6H2,1-4H3,(H,17,20)(H,21,22)/t11-,14-/m1/s1. The number of amides is 1.